The van der Waals surface area contributed by atoms with Gasteiger partial charge in [0.05, 0.1) is 39.9 Å². The van der Waals surface area contributed by atoms with E-state index in [9.17, 15) is 19.4 Å². The molecule has 0 aromatic rings. The number of likely N-dealkylation sites (N-methyl/N-ethyl adjacent to an activating group) is 1. The van der Waals surface area contributed by atoms with Crippen molar-refractivity contribution in [1.29, 1.82) is 0 Å². The zero-order valence-electron chi connectivity index (χ0n) is 35.2. The van der Waals surface area contributed by atoms with Gasteiger partial charge in [0.1, 0.15) is 13.2 Å². The summed E-state index contributed by atoms with van der Waals surface area (Å²) in [7, 11) is 1.50. The second kappa shape index (κ2) is 36.6. The van der Waals surface area contributed by atoms with Gasteiger partial charge >= 0.3 is 7.82 Å². The van der Waals surface area contributed by atoms with E-state index < -0.39 is 20.0 Å². The summed E-state index contributed by atoms with van der Waals surface area (Å²) < 4.78 is 23.4. The number of aliphatic hydroxyl groups excluding tert-OH is 1. The molecule has 0 radical (unpaired) electrons. The van der Waals surface area contributed by atoms with Crippen LogP contribution < -0.4 is 5.32 Å². The van der Waals surface area contributed by atoms with Gasteiger partial charge in [-0.2, -0.15) is 0 Å². The van der Waals surface area contributed by atoms with E-state index in [1.807, 2.05) is 39.4 Å². The molecule has 0 heterocycles. The fourth-order valence-electron chi connectivity index (χ4n) is 5.54. The number of nitrogens with zero attached hydrogens (tertiary/aromatic N) is 1. The van der Waals surface area contributed by atoms with Gasteiger partial charge in [-0.05, 0) is 57.8 Å². The number of carbonyl (C=O) groups is 1. The SMILES string of the molecule is CC/C=C\C/C=C\C/C=C\C/C=C\CCC(=O)NC(COP(=O)(O)OCC[N+](C)(C)C)C(O)/C=C/CC/C=C/CCCCCCCCCCCCCCC. The van der Waals surface area contributed by atoms with Crippen molar-refractivity contribution in [1.82, 2.24) is 5.32 Å². The lowest BCUT2D eigenvalue weighted by molar-refractivity contribution is -0.870. The van der Waals surface area contributed by atoms with E-state index in [0.717, 1.165) is 44.9 Å². The highest BCUT2D eigenvalue weighted by Gasteiger charge is 2.27. The van der Waals surface area contributed by atoms with E-state index in [0.29, 0.717) is 17.4 Å². The van der Waals surface area contributed by atoms with Crippen molar-refractivity contribution in [2.24, 2.45) is 0 Å². The summed E-state index contributed by atoms with van der Waals surface area (Å²) in [5.41, 5.74) is 0. The molecule has 0 aliphatic rings. The molecule has 8 nitrogen and oxygen atoms in total. The number of aliphatic hydroxyl groups is 1. The number of allylic oxidation sites excluding steroid dienone is 11. The van der Waals surface area contributed by atoms with Gasteiger partial charge in [0.2, 0.25) is 5.91 Å². The molecule has 3 N–H and O–H groups in total. The fraction of sp³-hybridized carbons (Fsp3) is 0.711. The number of quaternary nitrogens is 1. The van der Waals surface area contributed by atoms with E-state index in [-0.39, 0.29) is 25.5 Å². The molecule has 1 amide bonds. The minimum Gasteiger partial charge on any atom is -0.387 e. The maximum absolute atomic E-state index is 12.8. The molecule has 0 fully saturated rings. The first kappa shape index (κ1) is 51.9. The summed E-state index contributed by atoms with van der Waals surface area (Å²) in [5, 5.41) is 13.7. The van der Waals surface area contributed by atoms with Gasteiger partial charge in [-0.3, -0.25) is 13.8 Å². The quantitative estimate of drug-likeness (QED) is 0.0251. The zero-order chi connectivity index (χ0) is 40.0. The Morgan fingerprint density at radius 3 is 1.69 bits per heavy atom. The Morgan fingerprint density at radius 2 is 1.13 bits per heavy atom. The highest BCUT2D eigenvalue weighted by molar-refractivity contribution is 7.47. The van der Waals surface area contributed by atoms with Crippen molar-refractivity contribution in [3.63, 3.8) is 0 Å². The van der Waals surface area contributed by atoms with Crippen LogP contribution >= 0.6 is 7.82 Å². The zero-order valence-corrected chi connectivity index (χ0v) is 36.1. The normalized spacial score (nSPS) is 15.2. The molecule has 0 aromatic heterocycles. The molecule has 0 aliphatic carbocycles. The predicted molar refractivity (Wildman–Crippen MR) is 230 cm³/mol. The van der Waals surface area contributed by atoms with Crippen molar-refractivity contribution in [3.8, 4) is 0 Å². The van der Waals surface area contributed by atoms with Crippen LogP contribution in [-0.2, 0) is 18.4 Å². The average molecular weight is 778 g/mol. The van der Waals surface area contributed by atoms with Crippen LogP contribution in [0.3, 0.4) is 0 Å². The largest absolute Gasteiger partial charge is 0.472 e. The molecule has 0 aliphatic heterocycles. The van der Waals surface area contributed by atoms with Crippen molar-refractivity contribution < 1.29 is 32.9 Å². The van der Waals surface area contributed by atoms with Gasteiger partial charge in [0.25, 0.3) is 0 Å². The second-order valence-corrected chi connectivity index (χ2v) is 16.8. The van der Waals surface area contributed by atoms with Crippen LogP contribution in [0.1, 0.15) is 155 Å². The number of amides is 1. The molecule has 3 unspecified atom stereocenters. The van der Waals surface area contributed by atoms with E-state index in [1.165, 1.54) is 83.5 Å². The number of carbonyl (C=O) groups excluding carboxylic acids is 1. The van der Waals surface area contributed by atoms with Crippen molar-refractivity contribution in [3.05, 3.63) is 72.9 Å². The van der Waals surface area contributed by atoms with Crippen molar-refractivity contribution in [2.75, 3.05) is 40.9 Å². The first-order valence-electron chi connectivity index (χ1n) is 21.3. The number of nitrogens with one attached hydrogen (secondary N) is 1. The van der Waals surface area contributed by atoms with Crippen LogP contribution in [0.25, 0.3) is 0 Å². The Kier molecular flexibility index (Phi) is 35.2. The predicted octanol–water partition coefficient (Wildman–Crippen LogP) is 11.6. The Morgan fingerprint density at radius 1 is 0.648 bits per heavy atom. The van der Waals surface area contributed by atoms with Gasteiger partial charge < -0.3 is 19.8 Å². The third kappa shape index (κ3) is 38.2. The van der Waals surface area contributed by atoms with Crippen LogP contribution in [0.5, 0.6) is 0 Å². The molecule has 0 spiro atoms. The molecule has 0 bridgehead atoms. The Balaban J connectivity index is 4.59. The molecule has 312 valence electrons. The summed E-state index contributed by atoms with van der Waals surface area (Å²) in [4.78, 5) is 23.0. The molecule has 9 heteroatoms. The smallest absolute Gasteiger partial charge is 0.387 e. The molecule has 54 heavy (non-hydrogen) atoms. The molecular weight excluding hydrogens is 695 g/mol. The Hall–Kier alpha value is -2.06. The lowest BCUT2D eigenvalue weighted by Crippen LogP contribution is -2.45. The maximum atomic E-state index is 12.8. The summed E-state index contributed by atoms with van der Waals surface area (Å²) in [6, 6.07) is -0.903. The molecule has 3 atom stereocenters. The first-order valence-corrected chi connectivity index (χ1v) is 22.8. The standard InChI is InChI=1S/C45H81N2O6P/c1-6-8-10-12-14-16-18-20-21-22-23-24-25-27-28-30-32-34-36-38-44(48)43(42-53-54(50,51)52-41-40-47(3,4)5)46-45(49)39-37-35-33-31-29-26-19-17-15-13-11-9-7-2/h9,11,15,17,26,28-30,33,35-36,38,43-44,48H,6-8,10,12-14,16,18-25,27,31-32,34,37,39-42H2,1-5H3,(H-,46,49,50,51)/p+1/b11-9-,17-15-,29-26-,30-28+,35-33-,38-36+. The van der Waals surface area contributed by atoms with Gasteiger partial charge in [0, 0.05) is 6.42 Å². The van der Waals surface area contributed by atoms with Gasteiger partial charge in [-0.15, -0.1) is 0 Å². The summed E-state index contributed by atoms with van der Waals surface area (Å²) in [6.45, 7) is 4.60. The molecule has 0 saturated carbocycles. The highest BCUT2D eigenvalue weighted by atomic mass is 31.2. The van der Waals surface area contributed by atoms with Gasteiger partial charge in [-0.1, -0.05) is 164 Å². The van der Waals surface area contributed by atoms with E-state index in [4.69, 9.17) is 9.05 Å². The van der Waals surface area contributed by atoms with Crippen LogP contribution in [-0.4, -0.2) is 73.4 Å². The summed E-state index contributed by atoms with van der Waals surface area (Å²) >= 11 is 0. The lowest BCUT2D eigenvalue weighted by atomic mass is 10.0. The van der Waals surface area contributed by atoms with Crippen LogP contribution in [0.2, 0.25) is 0 Å². The van der Waals surface area contributed by atoms with Crippen molar-refractivity contribution >= 4 is 13.7 Å². The molecule has 0 saturated heterocycles. The first-order chi connectivity index (χ1) is 26.0. The topological polar surface area (TPSA) is 105 Å². The minimum absolute atomic E-state index is 0.0402. The monoisotopic (exact) mass is 778 g/mol. The highest BCUT2D eigenvalue weighted by Crippen LogP contribution is 2.43. The third-order valence-corrected chi connectivity index (χ3v) is 9.91. The molecule has 0 aromatic carbocycles. The second-order valence-electron chi connectivity index (χ2n) is 15.3. The summed E-state index contributed by atoms with van der Waals surface area (Å²) in [6.07, 6.45) is 48.6. The lowest BCUT2D eigenvalue weighted by Gasteiger charge is -2.25. The number of phosphoric acid groups is 1. The number of unbranched alkanes of at least 4 members (excludes halogenated alkanes) is 14. The van der Waals surface area contributed by atoms with Gasteiger partial charge in [0.15, 0.2) is 0 Å². The van der Waals surface area contributed by atoms with E-state index in [1.54, 1.807) is 6.08 Å². The van der Waals surface area contributed by atoms with Gasteiger partial charge in [-0.25, -0.2) is 4.57 Å². The maximum Gasteiger partial charge on any atom is 0.472 e. The fourth-order valence-corrected chi connectivity index (χ4v) is 6.27. The van der Waals surface area contributed by atoms with E-state index in [2.05, 4.69) is 67.8 Å². The van der Waals surface area contributed by atoms with Crippen LogP contribution in [0.4, 0.5) is 0 Å². The summed E-state index contributed by atoms with van der Waals surface area (Å²) in [5.74, 6) is -0.270. The molecular formula is C45H82N2O6P+. The third-order valence-electron chi connectivity index (χ3n) is 8.92. The van der Waals surface area contributed by atoms with Crippen LogP contribution in [0, 0.1) is 0 Å². The number of hydrogen-bond acceptors (Lipinski definition) is 5. The van der Waals surface area contributed by atoms with E-state index >= 15 is 0 Å². The number of rotatable bonds is 37. The Labute approximate surface area is 332 Å². The van der Waals surface area contributed by atoms with Crippen LogP contribution in [0.15, 0.2) is 72.9 Å². The van der Waals surface area contributed by atoms with Crippen molar-refractivity contribution in [2.45, 2.75) is 167 Å². The Bertz CT molecular complexity index is 1110. The number of phosphoric ester groups is 1. The average Bonchev–Trinajstić information content (AvgIpc) is 3.12. The molecule has 0 rings (SSSR count). The minimum atomic E-state index is -4.36. The number of hydrogen-bond donors (Lipinski definition) is 3.